The largest absolute Gasteiger partial charge is 0.507 e. The molecule has 1 N–H and O–H groups in total. The molecule has 0 bridgehead atoms. The zero-order valence-corrected chi connectivity index (χ0v) is 9.66. The van der Waals surface area contributed by atoms with Crippen molar-refractivity contribution in [3.63, 3.8) is 0 Å². The van der Waals surface area contributed by atoms with Crippen molar-refractivity contribution in [1.29, 1.82) is 0 Å². The van der Waals surface area contributed by atoms with E-state index in [2.05, 4.69) is 0 Å². The summed E-state index contributed by atoms with van der Waals surface area (Å²) in [7, 11) is 0. The Morgan fingerprint density at radius 3 is 2.56 bits per heavy atom. The fraction of sp³-hybridized carbons (Fsp3) is 0.286. The smallest absolute Gasteiger partial charge is 0.126 e. The van der Waals surface area contributed by atoms with Gasteiger partial charge in [-0.1, -0.05) is 25.1 Å². The maximum Gasteiger partial charge on any atom is 0.126 e. The lowest BCUT2D eigenvalue weighted by Gasteiger charge is -2.08. The van der Waals surface area contributed by atoms with Crippen LogP contribution in [0.15, 0.2) is 30.3 Å². The molecule has 0 fully saturated rings. The second-order valence-electron chi connectivity index (χ2n) is 3.74. The first-order chi connectivity index (χ1) is 7.76. The van der Waals surface area contributed by atoms with Gasteiger partial charge in [0.25, 0.3) is 0 Å². The Hall–Kier alpha value is -1.70. The number of phenols is 1. The summed E-state index contributed by atoms with van der Waals surface area (Å²) in [5.74, 6) is 1.18. The summed E-state index contributed by atoms with van der Waals surface area (Å²) >= 11 is 0. The van der Waals surface area contributed by atoms with Crippen LogP contribution in [0.25, 0.3) is 10.8 Å². The second kappa shape index (κ2) is 4.44. The van der Waals surface area contributed by atoms with Crippen molar-refractivity contribution in [1.82, 2.24) is 0 Å². The number of fused-ring (bicyclic) bond motifs is 1. The van der Waals surface area contributed by atoms with Gasteiger partial charge in [-0.05, 0) is 36.4 Å². The van der Waals surface area contributed by atoms with Crippen molar-refractivity contribution in [2.45, 2.75) is 20.3 Å². The fourth-order valence-electron chi connectivity index (χ4n) is 1.87. The van der Waals surface area contributed by atoms with Crippen molar-refractivity contribution < 1.29 is 9.84 Å². The molecule has 0 aromatic heterocycles. The van der Waals surface area contributed by atoms with E-state index in [1.807, 2.05) is 44.2 Å². The van der Waals surface area contributed by atoms with Gasteiger partial charge in [-0.2, -0.15) is 0 Å². The summed E-state index contributed by atoms with van der Waals surface area (Å²) in [6.07, 6.45) is 0.834. The van der Waals surface area contributed by atoms with E-state index in [9.17, 15) is 5.11 Å². The summed E-state index contributed by atoms with van der Waals surface area (Å²) in [6, 6.07) is 9.80. The Morgan fingerprint density at radius 1 is 1.12 bits per heavy atom. The number of aromatic hydroxyl groups is 1. The molecule has 0 heterocycles. The van der Waals surface area contributed by atoms with E-state index in [0.29, 0.717) is 12.4 Å². The van der Waals surface area contributed by atoms with E-state index in [1.54, 1.807) is 0 Å². The summed E-state index contributed by atoms with van der Waals surface area (Å²) in [6.45, 7) is 4.62. The predicted octanol–water partition coefficient (Wildman–Crippen LogP) is 3.51. The molecule has 2 rings (SSSR count). The highest BCUT2D eigenvalue weighted by atomic mass is 16.5. The number of benzene rings is 2. The molecular weight excluding hydrogens is 200 g/mol. The topological polar surface area (TPSA) is 29.5 Å². The number of aryl methyl sites for hydroxylation is 1. The van der Waals surface area contributed by atoms with E-state index < -0.39 is 0 Å². The monoisotopic (exact) mass is 216 g/mol. The predicted molar refractivity (Wildman–Crippen MR) is 66.2 cm³/mol. The van der Waals surface area contributed by atoms with Gasteiger partial charge in [-0.15, -0.1) is 0 Å². The highest BCUT2D eigenvalue weighted by Gasteiger charge is 2.05. The third kappa shape index (κ3) is 1.83. The van der Waals surface area contributed by atoms with E-state index in [0.717, 1.165) is 28.5 Å². The minimum atomic E-state index is 0.376. The van der Waals surface area contributed by atoms with Crippen molar-refractivity contribution in [3.05, 3.63) is 35.9 Å². The molecule has 2 aromatic carbocycles. The van der Waals surface area contributed by atoms with Gasteiger partial charge in [0.2, 0.25) is 0 Å². The number of hydrogen-bond acceptors (Lipinski definition) is 2. The van der Waals surface area contributed by atoms with Gasteiger partial charge in [0.05, 0.1) is 6.61 Å². The fourth-order valence-corrected chi connectivity index (χ4v) is 1.87. The van der Waals surface area contributed by atoms with Gasteiger partial charge in [0.15, 0.2) is 0 Å². The Kier molecular flexibility index (Phi) is 3.00. The molecule has 2 heteroatoms. The van der Waals surface area contributed by atoms with Gasteiger partial charge in [-0.25, -0.2) is 0 Å². The first-order valence-electron chi connectivity index (χ1n) is 5.63. The van der Waals surface area contributed by atoms with Crippen LogP contribution in [-0.2, 0) is 6.42 Å². The van der Waals surface area contributed by atoms with Gasteiger partial charge < -0.3 is 9.84 Å². The van der Waals surface area contributed by atoms with Crippen LogP contribution in [-0.4, -0.2) is 11.7 Å². The Labute approximate surface area is 95.5 Å². The quantitative estimate of drug-likeness (QED) is 0.850. The zero-order valence-electron chi connectivity index (χ0n) is 9.66. The number of rotatable bonds is 3. The first-order valence-corrected chi connectivity index (χ1v) is 5.63. The number of hydrogen-bond donors (Lipinski definition) is 1. The van der Waals surface area contributed by atoms with E-state index in [-0.39, 0.29) is 0 Å². The molecule has 0 saturated carbocycles. The summed E-state index contributed by atoms with van der Waals surface area (Å²) in [5, 5.41) is 12.0. The van der Waals surface area contributed by atoms with Crippen LogP contribution in [0.5, 0.6) is 11.5 Å². The van der Waals surface area contributed by atoms with Gasteiger partial charge in [-0.3, -0.25) is 0 Å². The highest BCUT2D eigenvalue weighted by molar-refractivity contribution is 5.90. The van der Waals surface area contributed by atoms with Gasteiger partial charge in [0.1, 0.15) is 11.5 Å². The van der Waals surface area contributed by atoms with Gasteiger partial charge in [0, 0.05) is 5.39 Å². The van der Waals surface area contributed by atoms with Crippen LogP contribution in [0.1, 0.15) is 19.4 Å². The normalized spacial score (nSPS) is 10.6. The minimum absolute atomic E-state index is 0.376. The van der Waals surface area contributed by atoms with Crippen LogP contribution in [0.2, 0.25) is 0 Å². The average Bonchev–Trinajstić information content (AvgIpc) is 2.31. The number of ether oxygens (including phenoxy) is 1. The molecule has 0 spiro atoms. The Morgan fingerprint density at radius 2 is 1.88 bits per heavy atom. The molecule has 0 aliphatic rings. The maximum absolute atomic E-state index is 10.1. The summed E-state index contributed by atoms with van der Waals surface area (Å²) in [4.78, 5) is 0. The Balaban J connectivity index is 2.60. The van der Waals surface area contributed by atoms with Crippen LogP contribution < -0.4 is 4.74 Å². The lowest BCUT2D eigenvalue weighted by Crippen LogP contribution is -1.91. The molecule has 0 atom stereocenters. The van der Waals surface area contributed by atoms with Crippen LogP contribution in [0, 0.1) is 0 Å². The van der Waals surface area contributed by atoms with Crippen molar-refractivity contribution in [3.8, 4) is 11.5 Å². The van der Waals surface area contributed by atoms with E-state index >= 15 is 0 Å². The molecular formula is C14H16O2. The molecule has 16 heavy (non-hydrogen) atoms. The third-order valence-corrected chi connectivity index (χ3v) is 2.74. The average molecular weight is 216 g/mol. The SMILES string of the molecule is CCOc1ccc2ccc(CC)c(O)c2c1. The lowest BCUT2D eigenvalue weighted by molar-refractivity contribution is 0.340. The van der Waals surface area contributed by atoms with Gasteiger partial charge >= 0.3 is 0 Å². The highest BCUT2D eigenvalue weighted by Crippen LogP contribution is 2.31. The standard InChI is InChI=1S/C14H16O2/c1-3-10-5-6-11-7-8-12(16-4-2)9-13(11)14(10)15/h5-9,15H,3-4H2,1-2H3. The lowest BCUT2D eigenvalue weighted by atomic mass is 10.0. The molecule has 0 unspecified atom stereocenters. The summed E-state index contributed by atoms with van der Waals surface area (Å²) in [5.41, 5.74) is 0.973. The van der Waals surface area contributed by atoms with E-state index in [4.69, 9.17) is 4.74 Å². The molecule has 0 radical (unpaired) electrons. The zero-order chi connectivity index (χ0) is 11.5. The molecule has 2 nitrogen and oxygen atoms in total. The molecule has 0 aliphatic carbocycles. The number of phenolic OH excluding ortho intramolecular Hbond substituents is 1. The summed E-state index contributed by atoms with van der Waals surface area (Å²) < 4.78 is 5.43. The third-order valence-electron chi connectivity index (χ3n) is 2.74. The van der Waals surface area contributed by atoms with Crippen LogP contribution in [0.4, 0.5) is 0 Å². The Bertz CT molecular complexity index is 503. The van der Waals surface area contributed by atoms with Crippen molar-refractivity contribution in [2.24, 2.45) is 0 Å². The van der Waals surface area contributed by atoms with Crippen molar-refractivity contribution >= 4 is 10.8 Å². The van der Waals surface area contributed by atoms with Crippen LogP contribution >= 0.6 is 0 Å². The van der Waals surface area contributed by atoms with Crippen LogP contribution in [0.3, 0.4) is 0 Å². The van der Waals surface area contributed by atoms with Crippen molar-refractivity contribution in [2.75, 3.05) is 6.61 Å². The minimum Gasteiger partial charge on any atom is -0.507 e. The molecule has 0 saturated heterocycles. The molecule has 0 aliphatic heterocycles. The molecule has 84 valence electrons. The first kappa shape index (κ1) is 10.8. The maximum atomic E-state index is 10.1. The molecule has 2 aromatic rings. The van der Waals surface area contributed by atoms with E-state index in [1.165, 1.54) is 0 Å². The second-order valence-corrected chi connectivity index (χ2v) is 3.74. The molecule has 0 amide bonds.